The van der Waals surface area contributed by atoms with Crippen molar-refractivity contribution in [3.8, 4) is 0 Å². The third-order valence-corrected chi connectivity index (χ3v) is 3.86. The highest BCUT2D eigenvalue weighted by molar-refractivity contribution is 5.69. The molecule has 2 saturated heterocycles. The van der Waals surface area contributed by atoms with Crippen molar-refractivity contribution in [2.24, 2.45) is 0 Å². The van der Waals surface area contributed by atoms with Gasteiger partial charge in [0.2, 0.25) is 0 Å². The summed E-state index contributed by atoms with van der Waals surface area (Å²) < 4.78 is 0. The maximum Gasteiger partial charge on any atom is 0.317 e. The Hall–Kier alpha value is -0.650. The van der Waals surface area contributed by atoms with Gasteiger partial charge in [-0.15, -0.1) is 0 Å². The van der Waals surface area contributed by atoms with Gasteiger partial charge in [-0.25, -0.2) is 0 Å². The van der Waals surface area contributed by atoms with Gasteiger partial charge in [-0.2, -0.15) is 0 Å². The second-order valence-electron chi connectivity index (χ2n) is 5.19. The smallest absolute Gasteiger partial charge is 0.317 e. The number of carboxylic acids is 1. The molecular formula is C12H22N2O3. The minimum Gasteiger partial charge on any atom is -0.480 e. The number of hydrogen-bond donors (Lipinski definition) is 2. The number of rotatable bonds is 3. The Kier molecular flexibility index (Phi) is 4.36. The largest absolute Gasteiger partial charge is 0.480 e. The van der Waals surface area contributed by atoms with Gasteiger partial charge in [0.05, 0.1) is 12.6 Å². The van der Waals surface area contributed by atoms with Gasteiger partial charge < -0.3 is 10.2 Å². The zero-order valence-electron chi connectivity index (χ0n) is 10.2. The molecule has 2 N–H and O–H groups in total. The van der Waals surface area contributed by atoms with Crippen molar-refractivity contribution in [1.82, 2.24) is 9.80 Å². The summed E-state index contributed by atoms with van der Waals surface area (Å²) in [7, 11) is 0. The number of aliphatic hydroxyl groups excluding tert-OH is 1. The zero-order chi connectivity index (χ0) is 12.3. The molecule has 2 fully saturated rings. The lowest BCUT2D eigenvalue weighted by molar-refractivity contribution is -0.138. The standard InChI is InChI=1S/C12H22N2O3/c15-11-2-1-5-14(8-11)10-3-6-13(7-4-10)9-12(16)17/h10-11,15H,1-9H2,(H,16,17)/t11-/m0/s1. The second kappa shape index (κ2) is 5.80. The Bertz CT molecular complexity index is 264. The molecule has 0 aromatic carbocycles. The molecule has 0 aromatic heterocycles. The van der Waals surface area contributed by atoms with Crippen molar-refractivity contribution in [2.45, 2.75) is 37.8 Å². The number of aliphatic hydroxyl groups is 1. The molecule has 98 valence electrons. The molecule has 0 saturated carbocycles. The summed E-state index contributed by atoms with van der Waals surface area (Å²) in [5.41, 5.74) is 0. The quantitative estimate of drug-likeness (QED) is 0.729. The van der Waals surface area contributed by atoms with E-state index in [0.29, 0.717) is 6.04 Å². The average molecular weight is 242 g/mol. The van der Waals surface area contributed by atoms with Crippen molar-refractivity contribution in [3.63, 3.8) is 0 Å². The van der Waals surface area contributed by atoms with Gasteiger partial charge in [0.15, 0.2) is 0 Å². The van der Waals surface area contributed by atoms with Crippen LogP contribution in [0.3, 0.4) is 0 Å². The summed E-state index contributed by atoms with van der Waals surface area (Å²) in [6.45, 7) is 3.77. The molecule has 5 nitrogen and oxygen atoms in total. The fourth-order valence-corrected chi connectivity index (χ4v) is 2.95. The molecule has 2 aliphatic rings. The zero-order valence-corrected chi connectivity index (χ0v) is 10.2. The maximum absolute atomic E-state index is 10.6. The summed E-state index contributed by atoms with van der Waals surface area (Å²) >= 11 is 0. The Balaban J connectivity index is 1.76. The van der Waals surface area contributed by atoms with E-state index in [-0.39, 0.29) is 12.6 Å². The van der Waals surface area contributed by atoms with Gasteiger partial charge in [0, 0.05) is 25.7 Å². The predicted octanol–water partition coefficient (Wildman–Crippen LogP) is -0.00790. The van der Waals surface area contributed by atoms with Crippen molar-refractivity contribution in [1.29, 1.82) is 0 Å². The van der Waals surface area contributed by atoms with Crippen molar-refractivity contribution < 1.29 is 15.0 Å². The number of carbonyl (C=O) groups is 1. The second-order valence-corrected chi connectivity index (χ2v) is 5.19. The summed E-state index contributed by atoms with van der Waals surface area (Å²) in [4.78, 5) is 15.0. The van der Waals surface area contributed by atoms with E-state index >= 15 is 0 Å². The summed E-state index contributed by atoms with van der Waals surface area (Å²) in [6.07, 6.45) is 3.89. The number of β-amino-alcohol motifs (C(OH)–C–C–N with tert-alkyl or cyclic N) is 1. The van der Waals surface area contributed by atoms with E-state index in [1.165, 1.54) is 0 Å². The molecule has 17 heavy (non-hydrogen) atoms. The van der Waals surface area contributed by atoms with Crippen LogP contribution in [0, 0.1) is 0 Å². The fourth-order valence-electron chi connectivity index (χ4n) is 2.95. The Morgan fingerprint density at radius 1 is 1.18 bits per heavy atom. The Morgan fingerprint density at radius 2 is 1.88 bits per heavy atom. The predicted molar refractivity (Wildman–Crippen MR) is 63.9 cm³/mol. The van der Waals surface area contributed by atoms with Crippen molar-refractivity contribution in [3.05, 3.63) is 0 Å². The summed E-state index contributed by atoms with van der Waals surface area (Å²) in [5, 5.41) is 18.4. The third kappa shape index (κ3) is 3.66. The lowest BCUT2D eigenvalue weighted by Crippen LogP contribution is -2.50. The highest BCUT2D eigenvalue weighted by atomic mass is 16.4. The van der Waals surface area contributed by atoms with E-state index in [1.807, 2.05) is 4.90 Å². The number of carboxylic acid groups (broad SMARTS) is 1. The minimum absolute atomic E-state index is 0.162. The number of likely N-dealkylation sites (tertiary alicyclic amines) is 2. The van der Waals surface area contributed by atoms with Crippen LogP contribution in [-0.2, 0) is 4.79 Å². The van der Waals surface area contributed by atoms with Crippen LogP contribution in [0.1, 0.15) is 25.7 Å². The molecule has 2 aliphatic heterocycles. The SMILES string of the molecule is O=C(O)CN1CCC(N2CCC[C@H](O)C2)CC1. The van der Waals surface area contributed by atoms with Crippen LogP contribution < -0.4 is 0 Å². The van der Waals surface area contributed by atoms with Gasteiger partial charge in [0.25, 0.3) is 0 Å². The molecule has 2 rings (SSSR count). The molecular weight excluding hydrogens is 220 g/mol. The highest BCUT2D eigenvalue weighted by Crippen LogP contribution is 2.20. The molecule has 0 aliphatic carbocycles. The number of hydrogen-bond acceptors (Lipinski definition) is 4. The van der Waals surface area contributed by atoms with Gasteiger partial charge in [0.1, 0.15) is 0 Å². The molecule has 5 heteroatoms. The summed E-state index contributed by atoms with van der Waals surface area (Å²) in [6, 6.07) is 0.537. The third-order valence-electron chi connectivity index (χ3n) is 3.86. The molecule has 0 aromatic rings. The Labute approximate surface area is 102 Å². The van der Waals surface area contributed by atoms with Crippen LogP contribution in [0.2, 0.25) is 0 Å². The fraction of sp³-hybridized carbons (Fsp3) is 0.917. The summed E-state index contributed by atoms with van der Waals surface area (Å²) in [5.74, 6) is -0.739. The number of piperidine rings is 2. The van der Waals surface area contributed by atoms with Crippen LogP contribution in [0.5, 0.6) is 0 Å². The first-order valence-electron chi connectivity index (χ1n) is 6.51. The van der Waals surface area contributed by atoms with Crippen molar-refractivity contribution in [2.75, 3.05) is 32.7 Å². The molecule has 0 bridgehead atoms. The first-order chi connectivity index (χ1) is 8.15. The molecule has 0 amide bonds. The average Bonchev–Trinajstić information content (AvgIpc) is 2.29. The van der Waals surface area contributed by atoms with E-state index in [9.17, 15) is 9.90 Å². The van der Waals surface area contributed by atoms with Crippen LogP contribution in [0.4, 0.5) is 0 Å². The highest BCUT2D eigenvalue weighted by Gasteiger charge is 2.28. The molecule has 0 radical (unpaired) electrons. The van der Waals surface area contributed by atoms with Gasteiger partial charge in [-0.1, -0.05) is 0 Å². The van der Waals surface area contributed by atoms with Gasteiger partial charge >= 0.3 is 5.97 Å². The topological polar surface area (TPSA) is 64.0 Å². The molecule has 2 heterocycles. The lowest BCUT2D eigenvalue weighted by Gasteiger charge is -2.41. The van der Waals surface area contributed by atoms with Crippen LogP contribution >= 0.6 is 0 Å². The van der Waals surface area contributed by atoms with Crippen LogP contribution in [-0.4, -0.2) is 70.9 Å². The van der Waals surface area contributed by atoms with Gasteiger partial charge in [-0.3, -0.25) is 14.6 Å². The van der Waals surface area contributed by atoms with E-state index in [2.05, 4.69) is 4.90 Å². The lowest BCUT2D eigenvalue weighted by atomic mass is 9.99. The van der Waals surface area contributed by atoms with E-state index < -0.39 is 5.97 Å². The Morgan fingerprint density at radius 3 is 2.47 bits per heavy atom. The number of aliphatic carboxylic acids is 1. The number of nitrogens with zero attached hydrogens (tertiary/aromatic N) is 2. The van der Waals surface area contributed by atoms with E-state index in [0.717, 1.165) is 51.9 Å². The first-order valence-corrected chi connectivity index (χ1v) is 6.51. The first kappa shape index (κ1) is 12.8. The maximum atomic E-state index is 10.6. The molecule has 0 unspecified atom stereocenters. The molecule has 1 atom stereocenters. The normalized spacial score (nSPS) is 29.4. The monoisotopic (exact) mass is 242 g/mol. The van der Waals surface area contributed by atoms with Gasteiger partial charge in [-0.05, 0) is 32.2 Å². The van der Waals surface area contributed by atoms with E-state index in [4.69, 9.17) is 5.11 Å². The minimum atomic E-state index is -0.739. The van der Waals surface area contributed by atoms with Crippen LogP contribution in [0.15, 0.2) is 0 Å². The van der Waals surface area contributed by atoms with E-state index in [1.54, 1.807) is 0 Å². The van der Waals surface area contributed by atoms with Crippen molar-refractivity contribution >= 4 is 5.97 Å². The van der Waals surface area contributed by atoms with Crippen LogP contribution in [0.25, 0.3) is 0 Å². The molecule has 0 spiro atoms.